The fourth-order valence-corrected chi connectivity index (χ4v) is 2.96. The van der Waals surface area contributed by atoms with Crippen molar-refractivity contribution in [2.24, 2.45) is 5.92 Å². The Bertz CT molecular complexity index is 535. The number of aromatic carboxylic acids is 1. The summed E-state index contributed by atoms with van der Waals surface area (Å²) in [5.74, 6) is -0.626. The van der Waals surface area contributed by atoms with Gasteiger partial charge >= 0.3 is 5.97 Å². The molecule has 7 heteroatoms. The quantitative estimate of drug-likeness (QED) is 0.789. The first-order valence-corrected chi connectivity index (χ1v) is 7.27. The van der Waals surface area contributed by atoms with Crippen molar-refractivity contribution < 1.29 is 18.3 Å². The predicted molar refractivity (Wildman–Crippen MR) is 64.5 cm³/mol. The molecule has 0 aliphatic heterocycles. The van der Waals surface area contributed by atoms with Crippen molar-refractivity contribution in [3.8, 4) is 0 Å². The van der Waals surface area contributed by atoms with Gasteiger partial charge in [0.1, 0.15) is 5.69 Å². The third-order valence-corrected chi connectivity index (χ3v) is 4.19. The number of rotatable bonds is 6. The summed E-state index contributed by atoms with van der Waals surface area (Å²) >= 11 is 0. The van der Waals surface area contributed by atoms with E-state index in [9.17, 15) is 13.2 Å². The second kappa shape index (κ2) is 5.03. The van der Waals surface area contributed by atoms with Crippen molar-refractivity contribution in [3.05, 3.63) is 29.6 Å². The van der Waals surface area contributed by atoms with Gasteiger partial charge in [-0.1, -0.05) is 6.07 Å². The molecule has 6 nitrogen and oxygen atoms in total. The Balaban J connectivity index is 1.91. The first kappa shape index (κ1) is 13.0. The molecule has 0 spiro atoms. The van der Waals surface area contributed by atoms with Gasteiger partial charge in [-0.15, -0.1) is 0 Å². The minimum absolute atomic E-state index is 0.0559. The Morgan fingerprint density at radius 3 is 2.67 bits per heavy atom. The molecule has 1 saturated carbocycles. The average molecular weight is 270 g/mol. The van der Waals surface area contributed by atoms with Gasteiger partial charge in [-0.3, -0.25) is 0 Å². The van der Waals surface area contributed by atoms with E-state index in [1.807, 2.05) is 0 Å². The highest BCUT2D eigenvalue weighted by molar-refractivity contribution is 7.89. The number of sulfonamides is 1. The van der Waals surface area contributed by atoms with E-state index in [-0.39, 0.29) is 18.0 Å². The van der Waals surface area contributed by atoms with Gasteiger partial charge in [0.05, 0.1) is 5.75 Å². The van der Waals surface area contributed by atoms with Crippen LogP contribution < -0.4 is 4.72 Å². The molecular formula is C11H14N2O4S. The molecule has 0 atom stereocenters. The van der Waals surface area contributed by atoms with Gasteiger partial charge in [-0.05, 0) is 30.4 Å². The Morgan fingerprint density at radius 1 is 1.44 bits per heavy atom. The van der Waals surface area contributed by atoms with E-state index in [0.29, 0.717) is 11.5 Å². The molecule has 2 N–H and O–H groups in total. The minimum atomic E-state index is -3.24. The second-order valence-electron chi connectivity index (χ2n) is 4.40. The van der Waals surface area contributed by atoms with Crippen LogP contribution in [0.2, 0.25) is 0 Å². The molecule has 0 bridgehead atoms. The SMILES string of the molecule is O=C(O)c1ccc(CNS(=O)(=O)CC2CC2)cn1. The van der Waals surface area contributed by atoms with E-state index in [2.05, 4.69) is 9.71 Å². The third-order valence-electron chi connectivity index (χ3n) is 2.69. The van der Waals surface area contributed by atoms with Crippen LogP contribution in [0.15, 0.2) is 18.3 Å². The highest BCUT2D eigenvalue weighted by Gasteiger charge is 2.27. The molecule has 1 fully saturated rings. The summed E-state index contributed by atoms with van der Waals surface area (Å²) in [6.45, 7) is 0.141. The fraction of sp³-hybridized carbons (Fsp3) is 0.455. The number of nitrogens with zero attached hydrogens (tertiary/aromatic N) is 1. The second-order valence-corrected chi connectivity index (χ2v) is 6.25. The van der Waals surface area contributed by atoms with E-state index in [1.165, 1.54) is 12.3 Å². The van der Waals surface area contributed by atoms with E-state index in [4.69, 9.17) is 5.11 Å². The standard InChI is InChI=1S/C11H14N2O4S/c14-11(15)10-4-3-9(5-12-10)6-13-18(16,17)7-8-1-2-8/h3-5,8,13H,1-2,6-7H2,(H,14,15). The van der Waals surface area contributed by atoms with Gasteiger partial charge in [0.2, 0.25) is 10.0 Å². The lowest BCUT2D eigenvalue weighted by Gasteiger charge is -2.05. The highest BCUT2D eigenvalue weighted by Crippen LogP contribution is 2.29. The van der Waals surface area contributed by atoms with Crippen molar-refractivity contribution in [3.63, 3.8) is 0 Å². The lowest BCUT2D eigenvalue weighted by atomic mass is 10.2. The first-order chi connectivity index (χ1) is 8.46. The van der Waals surface area contributed by atoms with Crippen LogP contribution in [0.4, 0.5) is 0 Å². The zero-order chi connectivity index (χ0) is 13.2. The maximum Gasteiger partial charge on any atom is 0.354 e. The zero-order valence-electron chi connectivity index (χ0n) is 9.67. The van der Waals surface area contributed by atoms with E-state index >= 15 is 0 Å². The Hall–Kier alpha value is -1.47. The van der Waals surface area contributed by atoms with Crippen LogP contribution in [0, 0.1) is 5.92 Å². The average Bonchev–Trinajstić information content (AvgIpc) is 3.10. The monoisotopic (exact) mass is 270 g/mol. The molecule has 98 valence electrons. The lowest BCUT2D eigenvalue weighted by molar-refractivity contribution is 0.0690. The Labute approximate surface area is 105 Å². The van der Waals surface area contributed by atoms with Crippen molar-refractivity contribution in [2.75, 3.05) is 5.75 Å². The summed E-state index contributed by atoms with van der Waals surface area (Å²) in [5, 5.41) is 8.67. The van der Waals surface area contributed by atoms with Gasteiger partial charge in [0.15, 0.2) is 0 Å². The van der Waals surface area contributed by atoms with Crippen LogP contribution in [0.25, 0.3) is 0 Å². The number of carboxylic acid groups (broad SMARTS) is 1. The number of hydrogen-bond donors (Lipinski definition) is 2. The molecule has 1 heterocycles. The van der Waals surface area contributed by atoms with Gasteiger partial charge in [-0.25, -0.2) is 22.9 Å². The van der Waals surface area contributed by atoms with Crippen molar-refractivity contribution in [1.82, 2.24) is 9.71 Å². The molecule has 0 aromatic carbocycles. The number of carboxylic acids is 1. The van der Waals surface area contributed by atoms with Crippen LogP contribution in [-0.4, -0.2) is 30.2 Å². The van der Waals surface area contributed by atoms with Gasteiger partial charge in [-0.2, -0.15) is 0 Å². The molecule has 1 aromatic heterocycles. The molecule has 1 aliphatic carbocycles. The molecule has 0 unspecified atom stereocenters. The molecule has 18 heavy (non-hydrogen) atoms. The fourth-order valence-electron chi connectivity index (χ4n) is 1.50. The lowest BCUT2D eigenvalue weighted by Crippen LogP contribution is -2.26. The Morgan fingerprint density at radius 2 is 2.17 bits per heavy atom. The molecule has 1 aromatic rings. The van der Waals surface area contributed by atoms with E-state index in [0.717, 1.165) is 12.8 Å². The van der Waals surface area contributed by atoms with Gasteiger partial charge < -0.3 is 5.11 Å². The predicted octanol–water partition coefficient (Wildman–Crippen LogP) is 0.609. The summed E-state index contributed by atoms with van der Waals surface area (Å²) in [6, 6.07) is 2.91. The smallest absolute Gasteiger partial charge is 0.354 e. The molecule has 0 saturated heterocycles. The third kappa shape index (κ3) is 3.78. The zero-order valence-corrected chi connectivity index (χ0v) is 10.5. The maximum absolute atomic E-state index is 11.6. The van der Waals surface area contributed by atoms with Crippen LogP contribution in [0.5, 0.6) is 0 Å². The largest absolute Gasteiger partial charge is 0.477 e. The molecular weight excluding hydrogens is 256 g/mol. The molecule has 1 aliphatic rings. The maximum atomic E-state index is 11.6. The van der Waals surface area contributed by atoms with Crippen LogP contribution in [-0.2, 0) is 16.6 Å². The highest BCUT2D eigenvalue weighted by atomic mass is 32.2. The number of nitrogens with one attached hydrogen (secondary N) is 1. The Kier molecular flexibility index (Phi) is 3.63. The van der Waals surface area contributed by atoms with Crippen molar-refractivity contribution >= 4 is 16.0 Å². The summed E-state index contributed by atoms with van der Waals surface area (Å²) in [6.07, 6.45) is 3.33. The number of aromatic nitrogens is 1. The van der Waals surface area contributed by atoms with E-state index in [1.54, 1.807) is 6.07 Å². The normalized spacial score (nSPS) is 15.6. The minimum Gasteiger partial charge on any atom is -0.477 e. The molecule has 0 radical (unpaired) electrons. The van der Waals surface area contributed by atoms with Gasteiger partial charge in [0, 0.05) is 12.7 Å². The number of carbonyl (C=O) groups is 1. The van der Waals surface area contributed by atoms with Crippen LogP contribution in [0.1, 0.15) is 28.9 Å². The number of pyridine rings is 1. The van der Waals surface area contributed by atoms with Crippen molar-refractivity contribution in [2.45, 2.75) is 19.4 Å². The van der Waals surface area contributed by atoms with Crippen LogP contribution in [0.3, 0.4) is 0 Å². The van der Waals surface area contributed by atoms with Crippen molar-refractivity contribution in [1.29, 1.82) is 0 Å². The molecule has 2 rings (SSSR count). The molecule has 0 amide bonds. The number of hydrogen-bond acceptors (Lipinski definition) is 4. The van der Waals surface area contributed by atoms with Crippen LogP contribution >= 0.6 is 0 Å². The summed E-state index contributed by atoms with van der Waals surface area (Å²) in [7, 11) is -3.24. The summed E-state index contributed by atoms with van der Waals surface area (Å²) < 4.78 is 25.7. The topological polar surface area (TPSA) is 96.4 Å². The van der Waals surface area contributed by atoms with E-state index < -0.39 is 16.0 Å². The van der Waals surface area contributed by atoms with Gasteiger partial charge in [0.25, 0.3) is 0 Å². The first-order valence-electron chi connectivity index (χ1n) is 5.62. The summed E-state index contributed by atoms with van der Waals surface area (Å²) in [4.78, 5) is 14.3. The summed E-state index contributed by atoms with van der Waals surface area (Å²) in [5.41, 5.74) is 0.582.